The summed E-state index contributed by atoms with van der Waals surface area (Å²) >= 11 is 0. The fourth-order valence-corrected chi connectivity index (χ4v) is 3.24. The van der Waals surface area contributed by atoms with Crippen LogP contribution in [0.15, 0.2) is 42.5 Å². The Balaban J connectivity index is 1.72. The molecule has 0 aromatic heterocycles. The predicted octanol–water partition coefficient (Wildman–Crippen LogP) is 2.71. The van der Waals surface area contributed by atoms with Gasteiger partial charge in [0.15, 0.2) is 0 Å². The van der Waals surface area contributed by atoms with Crippen LogP contribution in [0.1, 0.15) is 12.5 Å². The number of imide groups is 1. The zero-order chi connectivity index (χ0) is 23.5. The smallest absolute Gasteiger partial charge is 0.387 e. The third kappa shape index (κ3) is 4.56. The van der Waals surface area contributed by atoms with E-state index in [1.54, 1.807) is 18.2 Å². The van der Waals surface area contributed by atoms with E-state index in [0.29, 0.717) is 22.7 Å². The van der Waals surface area contributed by atoms with Gasteiger partial charge < -0.3 is 24.8 Å². The summed E-state index contributed by atoms with van der Waals surface area (Å²) in [6, 6.07) is 9.29. The lowest BCUT2D eigenvalue weighted by Gasteiger charge is -2.22. The molecule has 0 radical (unpaired) electrons. The van der Waals surface area contributed by atoms with E-state index in [2.05, 4.69) is 15.4 Å². The fraction of sp³-hybridized carbons (Fsp3) is 0.286. The normalized spacial score (nSPS) is 17.9. The molecular weight excluding hydrogens is 428 g/mol. The summed E-state index contributed by atoms with van der Waals surface area (Å²) in [5, 5.41) is 5.13. The zero-order valence-electron chi connectivity index (χ0n) is 17.5. The van der Waals surface area contributed by atoms with Crippen LogP contribution in [0.2, 0.25) is 0 Å². The van der Waals surface area contributed by atoms with Gasteiger partial charge in [-0.2, -0.15) is 8.78 Å². The monoisotopic (exact) mass is 449 g/mol. The molecule has 0 saturated carbocycles. The molecule has 0 unspecified atom stereocenters. The number of benzene rings is 2. The molecule has 1 aliphatic rings. The molecule has 3 rings (SSSR count). The second-order valence-electron chi connectivity index (χ2n) is 6.96. The Labute approximate surface area is 182 Å². The standard InChI is InChI=1S/C21H21F2N3O6/c1-21(12-4-6-13(7-5-12)32-19(22)23)18(28)26(20(29)25-21)11-17(27)24-15-9-8-14(30-2)10-16(15)31-3/h4-10,19H,11H2,1-3H3,(H,24,27)(H,25,29)/t21-/m0/s1. The Morgan fingerprint density at radius 3 is 2.34 bits per heavy atom. The van der Waals surface area contributed by atoms with Crippen LogP contribution >= 0.6 is 0 Å². The second-order valence-corrected chi connectivity index (χ2v) is 6.96. The summed E-state index contributed by atoms with van der Waals surface area (Å²) < 4.78 is 39.3. The third-order valence-corrected chi connectivity index (χ3v) is 4.92. The highest BCUT2D eigenvalue weighted by Gasteiger charge is 2.49. The first-order chi connectivity index (χ1) is 15.2. The van der Waals surface area contributed by atoms with E-state index in [0.717, 1.165) is 4.90 Å². The molecule has 0 spiro atoms. The number of rotatable bonds is 8. The van der Waals surface area contributed by atoms with Crippen molar-refractivity contribution < 1.29 is 37.4 Å². The van der Waals surface area contributed by atoms with Crippen molar-refractivity contribution in [3.05, 3.63) is 48.0 Å². The van der Waals surface area contributed by atoms with Gasteiger partial charge in [0.1, 0.15) is 29.3 Å². The highest BCUT2D eigenvalue weighted by Crippen LogP contribution is 2.31. The minimum Gasteiger partial charge on any atom is -0.497 e. The van der Waals surface area contributed by atoms with Gasteiger partial charge in [0.2, 0.25) is 5.91 Å². The molecule has 170 valence electrons. The molecule has 2 aromatic rings. The van der Waals surface area contributed by atoms with Crippen LogP contribution in [-0.2, 0) is 15.1 Å². The summed E-state index contributed by atoms with van der Waals surface area (Å²) in [6.07, 6.45) is 0. The molecule has 1 saturated heterocycles. The molecular formula is C21H21F2N3O6. The minimum absolute atomic E-state index is 0.0891. The quantitative estimate of drug-likeness (QED) is 0.601. The number of alkyl halides is 2. The van der Waals surface area contributed by atoms with Crippen LogP contribution in [-0.4, -0.2) is 50.1 Å². The Morgan fingerprint density at radius 2 is 1.75 bits per heavy atom. The van der Waals surface area contributed by atoms with Gasteiger partial charge in [0.05, 0.1) is 19.9 Å². The Hall–Kier alpha value is -3.89. The average molecular weight is 449 g/mol. The van der Waals surface area contributed by atoms with Crippen molar-refractivity contribution in [3.63, 3.8) is 0 Å². The van der Waals surface area contributed by atoms with E-state index in [9.17, 15) is 23.2 Å². The molecule has 2 aromatic carbocycles. The number of hydrogen-bond acceptors (Lipinski definition) is 6. The Bertz CT molecular complexity index is 1030. The van der Waals surface area contributed by atoms with Gasteiger partial charge in [0.25, 0.3) is 5.91 Å². The zero-order valence-corrected chi connectivity index (χ0v) is 17.5. The van der Waals surface area contributed by atoms with Gasteiger partial charge in [-0.1, -0.05) is 12.1 Å². The van der Waals surface area contributed by atoms with E-state index in [4.69, 9.17) is 9.47 Å². The highest BCUT2D eigenvalue weighted by molar-refractivity contribution is 6.10. The Morgan fingerprint density at radius 1 is 1.09 bits per heavy atom. The summed E-state index contributed by atoms with van der Waals surface area (Å²) in [5.74, 6) is -0.516. The van der Waals surface area contributed by atoms with E-state index in [1.165, 1.54) is 45.4 Å². The number of halogens is 2. The topological polar surface area (TPSA) is 106 Å². The van der Waals surface area contributed by atoms with Gasteiger partial charge in [-0.25, -0.2) is 4.79 Å². The van der Waals surface area contributed by atoms with Crippen LogP contribution in [0.4, 0.5) is 19.3 Å². The van der Waals surface area contributed by atoms with Gasteiger partial charge in [0, 0.05) is 6.07 Å². The number of ether oxygens (including phenoxy) is 3. The summed E-state index contributed by atoms with van der Waals surface area (Å²) in [5.41, 5.74) is -0.793. The molecule has 4 amide bonds. The molecule has 2 N–H and O–H groups in total. The molecule has 1 atom stereocenters. The molecule has 0 aliphatic carbocycles. The van der Waals surface area contributed by atoms with Crippen LogP contribution in [0.5, 0.6) is 17.2 Å². The summed E-state index contributed by atoms with van der Waals surface area (Å²) in [7, 11) is 2.91. The van der Waals surface area contributed by atoms with Crippen LogP contribution in [0.3, 0.4) is 0 Å². The lowest BCUT2D eigenvalue weighted by atomic mass is 9.92. The molecule has 1 aliphatic heterocycles. The number of hydrogen-bond donors (Lipinski definition) is 2. The molecule has 1 heterocycles. The van der Waals surface area contributed by atoms with Crippen LogP contribution in [0, 0.1) is 0 Å². The van der Waals surface area contributed by atoms with Crippen molar-refractivity contribution in [2.45, 2.75) is 19.1 Å². The van der Waals surface area contributed by atoms with E-state index in [1.807, 2.05) is 0 Å². The Kier molecular flexibility index (Phi) is 6.47. The molecule has 0 bridgehead atoms. The number of nitrogens with one attached hydrogen (secondary N) is 2. The number of carbonyl (C=O) groups excluding carboxylic acids is 3. The first-order valence-electron chi connectivity index (χ1n) is 9.39. The van der Waals surface area contributed by atoms with Crippen molar-refractivity contribution >= 4 is 23.5 Å². The van der Waals surface area contributed by atoms with E-state index >= 15 is 0 Å². The van der Waals surface area contributed by atoms with Crippen molar-refractivity contribution in [2.75, 3.05) is 26.1 Å². The van der Waals surface area contributed by atoms with Crippen molar-refractivity contribution in [2.24, 2.45) is 0 Å². The number of anilines is 1. The lowest BCUT2D eigenvalue weighted by molar-refractivity contribution is -0.133. The maximum atomic E-state index is 13.0. The number of nitrogens with zero attached hydrogens (tertiary/aromatic N) is 1. The molecule has 1 fully saturated rings. The number of carbonyl (C=O) groups is 3. The van der Waals surface area contributed by atoms with Crippen molar-refractivity contribution in [3.8, 4) is 17.2 Å². The van der Waals surface area contributed by atoms with E-state index < -0.39 is 36.5 Å². The third-order valence-electron chi connectivity index (χ3n) is 4.92. The lowest BCUT2D eigenvalue weighted by Crippen LogP contribution is -2.42. The second kappa shape index (κ2) is 9.08. The molecule has 9 nitrogen and oxygen atoms in total. The number of urea groups is 1. The molecule has 11 heteroatoms. The maximum absolute atomic E-state index is 13.0. The highest BCUT2D eigenvalue weighted by atomic mass is 19.3. The first-order valence-corrected chi connectivity index (χ1v) is 9.39. The van der Waals surface area contributed by atoms with Gasteiger partial charge in [-0.3, -0.25) is 14.5 Å². The number of methoxy groups -OCH3 is 2. The van der Waals surface area contributed by atoms with Crippen molar-refractivity contribution in [1.29, 1.82) is 0 Å². The van der Waals surface area contributed by atoms with Gasteiger partial charge in [-0.15, -0.1) is 0 Å². The fourth-order valence-electron chi connectivity index (χ4n) is 3.24. The minimum atomic E-state index is -2.98. The van der Waals surface area contributed by atoms with Crippen LogP contribution < -0.4 is 24.8 Å². The summed E-state index contributed by atoms with van der Waals surface area (Å²) in [4.78, 5) is 38.7. The van der Waals surface area contributed by atoms with Gasteiger partial charge in [-0.05, 0) is 36.8 Å². The number of amides is 4. The average Bonchev–Trinajstić information content (AvgIpc) is 2.97. The van der Waals surface area contributed by atoms with E-state index in [-0.39, 0.29) is 5.75 Å². The first kappa shape index (κ1) is 22.8. The van der Waals surface area contributed by atoms with Crippen LogP contribution in [0.25, 0.3) is 0 Å². The maximum Gasteiger partial charge on any atom is 0.387 e. The summed E-state index contributed by atoms with van der Waals surface area (Å²) in [6.45, 7) is -2.06. The predicted molar refractivity (Wildman–Crippen MR) is 109 cm³/mol. The molecule has 32 heavy (non-hydrogen) atoms. The van der Waals surface area contributed by atoms with Gasteiger partial charge >= 0.3 is 12.6 Å². The van der Waals surface area contributed by atoms with Crippen molar-refractivity contribution in [1.82, 2.24) is 10.2 Å². The SMILES string of the molecule is COc1ccc(NC(=O)CN2C(=O)N[C@@](C)(c3ccc(OC(F)F)cc3)C2=O)c(OC)c1. The largest absolute Gasteiger partial charge is 0.497 e.